The van der Waals surface area contributed by atoms with Crippen molar-refractivity contribution in [1.82, 2.24) is 4.90 Å². The number of carbonyl (C=O) groups is 2. The van der Waals surface area contributed by atoms with E-state index in [1.54, 1.807) is 60.5 Å². The average molecular weight is 469 g/mol. The molecule has 0 spiro atoms. The number of para-hydroxylation sites is 1. The van der Waals surface area contributed by atoms with Gasteiger partial charge in [-0.15, -0.1) is 0 Å². The molecule has 1 aliphatic heterocycles. The van der Waals surface area contributed by atoms with Crippen molar-refractivity contribution in [3.63, 3.8) is 0 Å². The van der Waals surface area contributed by atoms with Crippen LogP contribution in [0, 0.1) is 0 Å². The SMILES string of the molecule is COC(=O)c1ccc([C@H]2c3c(oc4ccccc4c3=O)C(=O)N2CCc2ccc(OC)cc2)cc1. The maximum atomic E-state index is 13.5. The molecule has 35 heavy (non-hydrogen) atoms. The third-order valence-corrected chi connectivity index (χ3v) is 6.32. The van der Waals surface area contributed by atoms with Crippen molar-refractivity contribution in [2.75, 3.05) is 20.8 Å². The molecule has 0 saturated carbocycles. The first-order valence-corrected chi connectivity index (χ1v) is 11.2. The molecular weight excluding hydrogens is 446 g/mol. The molecule has 0 bridgehead atoms. The Morgan fingerprint density at radius 3 is 2.34 bits per heavy atom. The first-order valence-electron chi connectivity index (χ1n) is 11.2. The molecule has 0 N–H and O–H groups in total. The second kappa shape index (κ2) is 9.10. The van der Waals surface area contributed by atoms with Gasteiger partial charge in [0.15, 0.2) is 5.43 Å². The van der Waals surface area contributed by atoms with E-state index in [0.29, 0.717) is 40.6 Å². The fourth-order valence-corrected chi connectivity index (χ4v) is 4.51. The van der Waals surface area contributed by atoms with Crippen molar-refractivity contribution < 1.29 is 23.5 Å². The van der Waals surface area contributed by atoms with E-state index in [9.17, 15) is 14.4 Å². The standard InChI is InChI=1S/C28H23NO6/c1-33-20-13-7-17(8-14-20)15-16-29-24(18-9-11-19(12-10-18)28(32)34-2)23-25(30)21-5-3-4-6-22(21)35-26(23)27(29)31/h3-14,24H,15-16H2,1-2H3/t24-/m0/s1. The lowest BCUT2D eigenvalue weighted by molar-refractivity contribution is 0.0600. The Morgan fingerprint density at radius 2 is 1.66 bits per heavy atom. The van der Waals surface area contributed by atoms with Crippen molar-refractivity contribution in [1.29, 1.82) is 0 Å². The minimum atomic E-state index is -0.636. The maximum Gasteiger partial charge on any atom is 0.337 e. The van der Waals surface area contributed by atoms with Crippen LogP contribution < -0.4 is 10.2 Å². The first kappa shape index (κ1) is 22.4. The Morgan fingerprint density at radius 1 is 0.943 bits per heavy atom. The van der Waals surface area contributed by atoms with Gasteiger partial charge in [-0.1, -0.05) is 36.4 Å². The van der Waals surface area contributed by atoms with E-state index in [1.165, 1.54) is 7.11 Å². The van der Waals surface area contributed by atoms with Crippen LogP contribution in [0.1, 0.15) is 43.6 Å². The number of fused-ring (bicyclic) bond motifs is 2. The van der Waals surface area contributed by atoms with E-state index in [-0.39, 0.29) is 17.1 Å². The van der Waals surface area contributed by atoms with Crippen LogP contribution in [-0.4, -0.2) is 37.5 Å². The first-order chi connectivity index (χ1) is 17.0. The summed E-state index contributed by atoms with van der Waals surface area (Å²) in [6.07, 6.45) is 0.578. The van der Waals surface area contributed by atoms with Gasteiger partial charge in [-0.25, -0.2) is 4.79 Å². The summed E-state index contributed by atoms with van der Waals surface area (Å²) in [4.78, 5) is 40.6. The zero-order valence-electron chi connectivity index (χ0n) is 19.3. The quantitative estimate of drug-likeness (QED) is 0.390. The van der Waals surface area contributed by atoms with Gasteiger partial charge in [0.2, 0.25) is 5.76 Å². The molecule has 3 aromatic carbocycles. The van der Waals surface area contributed by atoms with Crippen LogP contribution in [0.5, 0.6) is 5.75 Å². The fourth-order valence-electron chi connectivity index (χ4n) is 4.51. The summed E-state index contributed by atoms with van der Waals surface area (Å²) in [5, 5.41) is 0.423. The molecule has 1 aliphatic rings. The molecular formula is C28H23NO6. The highest BCUT2D eigenvalue weighted by atomic mass is 16.5. The minimum absolute atomic E-state index is 0.0606. The molecule has 1 aromatic heterocycles. The Balaban J connectivity index is 1.57. The molecule has 0 aliphatic carbocycles. The predicted molar refractivity (Wildman–Crippen MR) is 130 cm³/mol. The molecule has 4 aromatic rings. The zero-order valence-corrected chi connectivity index (χ0v) is 19.3. The summed E-state index contributed by atoms with van der Waals surface area (Å²) < 4.78 is 16.0. The van der Waals surface area contributed by atoms with Gasteiger partial charge < -0.3 is 18.8 Å². The summed E-state index contributed by atoms with van der Waals surface area (Å²) in [6, 6.07) is 20.7. The van der Waals surface area contributed by atoms with Gasteiger partial charge in [-0.2, -0.15) is 0 Å². The van der Waals surface area contributed by atoms with E-state index in [1.807, 2.05) is 24.3 Å². The monoisotopic (exact) mass is 469 g/mol. The average Bonchev–Trinajstić information content (AvgIpc) is 3.19. The Bertz CT molecular complexity index is 1470. The molecule has 1 atom stereocenters. The van der Waals surface area contributed by atoms with Crippen molar-refractivity contribution >= 4 is 22.8 Å². The van der Waals surface area contributed by atoms with Gasteiger partial charge in [-0.05, 0) is 53.9 Å². The number of hydrogen-bond donors (Lipinski definition) is 0. The molecule has 176 valence electrons. The van der Waals surface area contributed by atoms with Gasteiger partial charge in [0, 0.05) is 6.54 Å². The second-order valence-electron chi connectivity index (χ2n) is 8.28. The van der Waals surface area contributed by atoms with E-state index >= 15 is 0 Å². The van der Waals surface area contributed by atoms with Crippen LogP contribution >= 0.6 is 0 Å². The van der Waals surface area contributed by atoms with Gasteiger partial charge in [0.25, 0.3) is 5.91 Å². The molecule has 0 fully saturated rings. The van der Waals surface area contributed by atoms with E-state index < -0.39 is 12.0 Å². The summed E-state index contributed by atoms with van der Waals surface area (Å²) in [6.45, 7) is 0.370. The van der Waals surface area contributed by atoms with Crippen molar-refractivity contribution in [2.24, 2.45) is 0 Å². The second-order valence-corrected chi connectivity index (χ2v) is 8.28. The third-order valence-electron chi connectivity index (χ3n) is 6.32. The number of methoxy groups -OCH3 is 2. The molecule has 0 saturated heterocycles. The number of amides is 1. The molecule has 0 radical (unpaired) electrons. The number of carbonyl (C=O) groups excluding carboxylic acids is 2. The van der Waals surface area contributed by atoms with E-state index in [4.69, 9.17) is 13.9 Å². The lowest BCUT2D eigenvalue weighted by Crippen LogP contribution is -2.31. The summed E-state index contributed by atoms with van der Waals surface area (Å²) in [7, 11) is 2.93. The minimum Gasteiger partial charge on any atom is -0.497 e. The van der Waals surface area contributed by atoms with Crippen LogP contribution in [-0.2, 0) is 11.2 Å². The number of rotatable bonds is 6. The fraction of sp³-hybridized carbons (Fsp3) is 0.179. The lowest BCUT2D eigenvalue weighted by atomic mass is 9.97. The molecule has 5 rings (SSSR count). The third kappa shape index (κ3) is 3.95. The van der Waals surface area contributed by atoms with Crippen molar-refractivity contribution in [3.05, 3.63) is 111 Å². The molecule has 1 amide bonds. The molecule has 7 heteroatoms. The number of benzene rings is 3. The molecule has 2 heterocycles. The van der Waals surface area contributed by atoms with Crippen LogP contribution in [0.3, 0.4) is 0 Å². The molecule has 7 nitrogen and oxygen atoms in total. The van der Waals surface area contributed by atoms with Crippen LogP contribution in [0.2, 0.25) is 0 Å². The zero-order chi connectivity index (χ0) is 24.5. The van der Waals surface area contributed by atoms with Crippen LogP contribution in [0.15, 0.2) is 82.0 Å². The highest BCUT2D eigenvalue weighted by Gasteiger charge is 2.42. The van der Waals surface area contributed by atoms with E-state index in [2.05, 4.69) is 0 Å². The highest BCUT2D eigenvalue weighted by molar-refractivity contribution is 5.99. The number of ether oxygens (including phenoxy) is 2. The molecule has 0 unspecified atom stereocenters. The topological polar surface area (TPSA) is 86.0 Å². The summed E-state index contributed by atoms with van der Waals surface area (Å²) in [5.74, 6) is 0.0219. The lowest BCUT2D eigenvalue weighted by Gasteiger charge is -2.25. The largest absolute Gasteiger partial charge is 0.497 e. The highest BCUT2D eigenvalue weighted by Crippen LogP contribution is 2.38. The smallest absolute Gasteiger partial charge is 0.337 e. The van der Waals surface area contributed by atoms with Crippen molar-refractivity contribution in [2.45, 2.75) is 12.5 Å². The van der Waals surface area contributed by atoms with Gasteiger partial charge in [-0.3, -0.25) is 9.59 Å². The Labute approximate surface area is 201 Å². The maximum absolute atomic E-state index is 13.5. The van der Waals surface area contributed by atoms with Crippen molar-refractivity contribution in [3.8, 4) is 5.75 Å². The van der Waals surface area contributed by atoms with Crippen LogP contribution in [0.4, 0.5) is 0 Å². The number of esters is 1. The Hall–Kier alpha value is -4.39. The number of nitrogens with zero attached hydrogens (tertiary/aromatic N) is 1. The number of hydrogen-bond acceptors (Lipinski definition) is 6. The predicted octanol–water partition coefficient (Wildman–Crippen LogP) is 4.38. The summed E-state index contributed by atoms with van der Waals surface area (Å²) in [5.41, 5.74) is 2.58. The normalized spacial score (nSPS) is 14.7. The summed E-state index contributed by atoms with van der Waals surface area (Å²) >= 11 is 0. The van der Waals surface area contributed by atoms with E-state index in [0.717, 1.165) is 11.3 Å². The van der Waals surface area contributed by atoms with Gasteiger partial charge >= 0.3 is 5.97 Å². The van der Waals surface area contributed by atoms with Crippen LogP contribution in [0.25, 0.3) is 11.0 Å². The Kier molecular flexibility index (Phi) is 5.82. The van der Waals surface area contributed by atoms with Gasteiger partial charge in [0.1, 0.15) is 11.3 Å². The van der Waals surface area contributed by atoms with Gasteiger partial charge in [0.05, 0.1) is 36.8 Å².